The maximum absolute atomic E-state index is 12.4. The lowest BCUT2D eigenvalue weighted by Crippen LogP contribution is -2.30. The van der Waals surface area contributed by atoms with Gasteiger partial charge < -0.3 is 10.4 Å². The van der Waals surface area contributed by atoms with Crippen LogP contribution in [0.5, 0.6) is 0 Å². The Morgan fingerprint density at radius 1 is 1.39 bits per heavy atom. The summed E-state index contributed by atoms with van der Waals surface area (Å²) in [6, 6.07) is 5.21. The molecule has 0 spiro atoms. The minimum atomic E-state index is -0.944. The number of carbonyl (C=O) groups excluding carboxylic acids is 1. The predicted molar refractivity (Wildman–Crippen MR) is 86.5 cm³/mol. The third-order valence-electron chi connectivity index (χ3n) is 4.11. The third kappa shape index (κ3) is 3.79. The molecule has 7 heteroatoms. The number of nitrogens with zero attached hydrogens (tertiary/aromatic N) is 2. The van der Waals surface area contributed by atoms with Crippen LogP contribution in [0.15, 0.2) is 29.8 Å². The average Bonchev–Trinajstić information content (AvgIpc) is 3.25. The summed E-state index contributed by atoms with van der Waals surface area (Å²) in [7, 11) is 0. The van der Waals surface area contributed by atoms with Crippen LogP contribution >= 0.6 is 11.3 Å². The molecule has 0 radical (unpaired) electrons. The second-order valence-corrected chi connectivity index (χ2v) is 6.74. The van der Waals surface area contributed by atoms with Crippen LogP contribution in [-0.2, 0) is 4.79 Å². The van der Waals surface area contributed by atoms with Crippen molar-refractivity contribution in [1.29, 1.82) is 0 Å². The number of rotatable bonds is 6. The van der Waals surface area contributed by atoms with Crippen molar-refractivity contribution >= 4 is 23.2 Å². The van der Waals surface area contributed by atoms with Gasteiger partial charge in [0.1, 0.15) is 5.69 Å². The predicted octanol–water partition coefficient (Wildman–Crippen LogP) is 3.01. The maximum atomic E-state index is 12.4. The van der Waals surface area contributed by atoms with Crippen LogP contribution in [0.3, 0.4) is 0 Å². The summed E-state index contributed by atoms with van der Waals surface area (Å²) in [4.78, 5) is 24.2. The summed E-state index contributed by atoms with van der Waals surface area (Å²) in [5.74, 6) is -1.28. The minimum absolute atomic E-state index is 0.143. The van der Waals surface area contributed by atoms with E-state index in [1.165, 1.54) is 24.2 Å². The van der Waals surface area contributed by atoms with E-state index in [2.05, 4.69) is 10.4 Å². The molecule has 0 unspecified atom stereocenters. The molecule has 1 saturated carbocycles. The lowest BCUT2D eigenvalue weighted by molar-refractivity contribution is -0.137. The molecular formula is C16H19N3O3S. The molecule has 1 atom stereocenters. The fourth-order valence-corrected chi connectivity index (χ4v) is 3.73. The fraction of sp³-hybridized carbons (Fsp3) is 0.438. The fourth-order valence-electron chi connectivity index (χ4n) is 2.95. The van der Waals surface area contributed by atoms with Crippen LogP contribution in [0.25, 0.3) is 0 Å². The van der Waals surface area contributed by atoms with Gasteiger partial charge in [-0.25, -0.2) is 0 Å². The van der Waals surface area contributed by atoms with E-state index in [1.807, 2.05) is 28.4 Å². The van der Waals surface area contributed by atoms with Crippen LogP contribution in [-0.4, -0.2) is 26.8 Å². The normalized spacial score (nSPS) is 16.3. The van der Waals surface area contributed by atoms with Gasteiger partial charge in [-0.3, -0.25) is 14.3 Å². The van der Waals surface area contributed by atoms with Crippen LogP contribution in [0.2, 0.25) is 0 Å². The third-order valence-corrected chi connectivity index (χ3v) is 5.10. The van der Waals surface area contributed by atoms with Crippen molar-refractivity contribution in [3.05, 3.63) is 40.3 Å². The van der Waals surface area contributed by atoms with Crippen molar-refractivity contribution in [2.24, 2.45) is 0 Å². The number of hydrogen-bond donors (Lipinski definition) is 2. The zero-order valence-corrected chi connectivity index (χ0v) is 13.5. The second kappa shape index (κ2) is 6.95. The standard InChI is InChI=1S/C16H19N3O3S/c20-15(21)10-13(14-6-3-9-23-14)17-16(22)12-7-8-19(18-12)11-4-1-2-5-11/h3,6-9,11,13H,1-2,4-5,10H2,(H,17,22)(H,20,21)/t13-/m0/s1. The Hall–Kier alpha value is -2.15. The number of carboxylic acids is 1. The van der Waals surface area contributed by atoms with Gasteiger partial charge in [-0.1, -0.05) is 18.9 Å². The first kappa shape index (κ1) is 15.7. The molecule has 122 valence electrons. The number of carbonyl (C=O) groups is 2. The molecule has 1 aliphatic carbocycles. The summed E-state index contributed by atoms with van der Waals surface area (Å²) >= 11 is 1.43. The number of carboxylic acid groups (broad SMARTS) is 1. The summed E-state index contributed by atoms with van der Waals surface area (Å²) in [6.07, 6.45) is 6.28. The molecule has 2 heterocycles. The lowest BCUT2D eigenvalue weighted by atomic mass is 10.1. The van der Waals surface area contributed by atoms with E-state index in [0.717, 1.165) is 17.7 Å². The van der Waals surface area contributed by atoms with Crippen molar-refractivity contribution in [3.8, 4) is 0 Å². The Morgan fingerprint density at radius 2 is 2.17 bits per heavy atom. The molecule has 1 fully saturated rings. The van der Waals surface area contributed by atoms with Gasteiger partial charge in [-0.15, -0.1) is 11.3 Å². The second-order valence-electron chi connectivity index (χ2n) is 5.76. The summed E-state index contributed by atoms with van der Waals surface area (Å²) in [5.41, 5.74) is 0.337. The van der Waals surface area contributed by atoms with Crippen molar-refractivity contribution in [1.82, 2.24) is 15.1 Å². The number of aromatic nitrogens is 2. The van der Waals surface area contributed by atoms with Gasteiger partial charge >= 0.3 is 5.97 Å². The highest BCUT2D eigenvalue weighted by Gasteiger charge is 2.23. The molecule has 0 aromatic carbocycles. The number of aliphatic carboxylic acids is 1. The van der Waals surface area contributed by atoms with Crippen LogP contribution in [0.4, 0.5) is 0 Å². The largest absolute Gasteiger partial charge is 0.481 e. The van der Waals surface area contributed by atoms with Gasteiger partial charge in [-0.05, 0) is 30.4 Å². The van der Waals surface area contributed by atoms with E-state index in [1.54, 1.807) is 6.07 Å². The van der Waals surface area contributed by atoms with E-state index < -0.39 is 12.0 Å². The van der Waals surface area contributed by atoms with Crippen LogP contribution in [0.1, 0.15) is 59.6 Å². The van der Waals surface area contributed by atoms with Crippen molar-refractivity contribution in [3.63, 3.8) is 0 Å². The number of hydrogen-bond acceptors (Lipinski definition) is 4. The topological polar surface area (TPSA) is 84.2 Å². The number of amides is 1. The van der Waals surface area contributed by atoms with E-state index in [0.29, 0.717) is 11.7 Å². The molecule has 23 heavy (non-hydrogen) atoms. The Morgan fingerprint density at radius 3 is 2.83 bits per heavy atom. The summed E-state index contributed by atoms with van der Waals surface area (Å²) in [5, 5.41) is 18.1. The van der Waals surface area contributed by atoms with Crippen molar-refractivity contribution in [2.75, 3.05) is 0 Å². The highest BCUT2D eigenvalue weighted by Crippen LogP contribution is 2.29. The molecule has 6 nitrogen and oxygen atoms in total. The summed E-state index contributed by atoms with van der Waals surface area (Å²) in [6.45, 7) is 0. The van der Waals surface area contributed by atoms with E-state index in [-0.39, 0.29) is 12.3 Å². The van der Waals surface area contributed by atoms with Gasteiger partial charge in [0.15, 0.2) is 0 Å². The SMILES string of the molecule is O=C(O)C[C@H](NC(=O)c1ccn(C2CCCC2)n1)c1cccs1. The van der Waals surface area contributed by atoms with E-state index in [4.69, 9.17) is 5.11 Å². The van der Waals surface area contributed by atoms with Crippen LogP contribution in [0, 0.1) is 0 Å². The molecule has 1 aliphatic rings. The monoisotopic (exact) mass is 333 g/mol. The quantitative estimate of drug-likeness (QED) is 0.851. The Kier molecular flexibility index (Phi) is 4.76. The molecule has 0 bridgehead atoms. The number of thiophene rings is 1. The van der Waals surface area contributed by atoms with Gasteiger partial charge in [0.2, 0.25) is 0 Å². The Balaban J connectivity index is 1.70. The molecule has 0 saturated heterocycles. The number of nitrogens with one attached hydrogen (secondary N) is 1. The lowest BCUT2D eigenvalue weighted by Gasteiger charge is -2.14. The highest BCUT2D eigenvalue weighted by molar-refractivity contribution is 7.10. The molecule has 2 N–H and O–H groups in total. The molecule has 2 aromatic rings. The first-order valence-corrected chi connectivity index (χ1v) is 8.62. The molecule has 3 rings (SSSR count). The average molecular weight is 333 g/mol. The molecule has 0 aliphatic heterocycles. The van der Waals surface area contributed by atoms with Gasteiger partial charge in [0.05, 0.1) is 18.5 Å². The van der Waals surface area contributed by atoms with Crippen LogP contribution < -0.4 is 5.32 Å². The smallest absolute Gasteiger partial charge is 0.305 e. The Bertz CT molecular complexity index is 675. The van der Waals surface area contributed by atoms with Gasteiger partial charge in [0.25, 0.3) is 5.91 Å². The van der Waals surface area contributed by atoms with Crippen molar-refractivity contribution < 1.29 is 14.7 Å². The first-order chi connectivity index (χ1) is 11.1. The highest BCUT2D eigenvalue weighted by atomic mass is 32.1. The van der Waals surface area contributed by atoms with E-state index in [9.17, 15) is 9.59 Å². The van der Waals surface area contributed by atoms with Gasteiger partial charge in [-0.2, -0.15) is 5.10 Å². The summed E-state index contributed by atoms with van der Waals surface area (Å²) < 4.78 is 1.86. The Labute approximate surface area is 138 Å². The minimum Gasteiger partial charge on any atom is -0.481 e. The zero-order valence-electron chi connectivity index (χ0n) is 12.6. The van der Waals surface area contributed by atoms with Gasteiger partial charge in [0, 0.05) is 11.1 Å². The first-order valence-electron chi connectivity index (χ1n) is 7.74. The molecular weight excluding hydrogens is 314 g/mol. The zero-order chi connectivity index (χ0) is 16.2. The van der Waals surface area contributed by atoms with Crippen molar-refractivity contribution in [2.45, 2.75) is 44.2 Å². The van der Waals surface area contributed by atoms with E-state index >= 15 is 0 Å². The molecule has 2 aromatic heterocycles. The molecule has 1 amide bonds. The maximum Gasteiger partial charge on any atom is 0.305 e.